The van der Waals surface area contributed by atoms with E-state index >= 15 is 0 Å². The Morgan fingerprint density at radius 1 is 1.06 bits per heavy atom. The molecule has 0 heterocycles. The first-order valence-corrected chi connectivity index (χ1v) is 6.68. The monoisotopic (exact) mass is 231 g/mol. The molecule has 2 rings (SSSR count). The second kappa shape index (κ2) is 6.43. The summed E-state index contributed by atoms with van der Waals surface area (Å²) in [4.78, 5) is 12.1. The van der Waals surface area contributed by atoms with Gasteiger partial charge in [0.15, 0.2) is 5.78 Å². The summed E-state index contributed by atoms with van der Waals surface area (Å²) in [7, 11) is 0. The number of nitrogens with one attached hydrogen (secondary N) is 1. The Bertz CT molecular complexity index is 339. The molecule has 0 bridgehead atoms. The molecule has 1 fully saturated rings. The van der Waals surface area contributed by atoms with Gasteiger partial charge in [-0.2, -0.15) is 0 Å². The highest BCUT2D eigenvalue weighted by atomic mass is 16.1. The Morgan fingerprint density at radius 3 is 2.35 bits per heavy atom. The number of Topliss-reactive ketones (excluding diaryl/α,β-unsaturated/α-hetero) is 1. The maximum Gasteiger partial charge on any atom is 0.154 e. The number of ketones is 1. The van der Waals surface area contributed by atoms with Gasteiger partial charge in [0.2, 0.25) is 0 Å². The van der Waals surface area contributed by atoms with Crippen molar-refractivity contribution in [3.63, 3.8) is 0 Å². The van der Waals surface area contributed by atoms with Crippen LogP contribution in [0.2, 0.25) is 0 Å². The van der Waals surface area contributed by atoms with Crippen molar-refractivity contribution >= 4 is 11.5 Å². The van der Waals surface area contributed by atoms with Crippen molar-refractivity contribution in [2.75, 3.05) is 11.9 Å². The van der Waals surface area contributed by atoms with E-state index in [4.69, 9.17) is 0 Å². The Hall–Kier alpha value is -1.31. The average molecular weight is 231 g/mol. The maximum absolute atomic E-state index is 12.1. The zero-order valence-corrected chi connectivity index (χ0v) is 10.3. The van der Waals surface area contributed by atoms with Gasteiger partial charge in [0.25, 0.3) is 0 Å². The number of benzene rings is 1. The molecule has 92 valence electrons. The highest BCUT2D eigenvalue weighted by Crippen LogP contribution is 2.23. The van der Waals surface area contributed by atoms with E-state index < -0.39 is 0 Å². The predicted molar refractivity (Wildman–Crippen MR) is 71.1 cm³/mol. The van der Waals surface area contributed by atoms with Crippen LogP contribution in [0.15, 0.2) is 30.3 Å². The fraction of sp³-hybridized carbons (Fsp3) is 0.533. The lowest BCUT2D eigenvalue weighted by molar-refractivity contribution is -0.121. The minimum absolute atomic E-state index is 0.300. The smallest absolute Gasteiger partial charge is 0.154 e. The number of carbonyl (C=O) groups excluding carboxylic acids is 1. The van der Waals surface area contributed by atoms with Crippen LogP contribution in [0, 0.1) is 5.92 Å². The number of anilines is 1. The SMILES string of the molecule is O=C(CNc1ccccc1)C1CCCCCC1. The van der Waals surface area contributed by atoms with E-state index in [0.717, 1.165) is 18.5 Å². The highest BCUT2D eigenvalue weighted by Gasteiger charge is 2.19. The first-order valence-electron chi connectivity index (χ1n) is 6.68. The van der Waals surface area contributed by atoms with Crippen LogP contribution in [-0.2, 0) is 4.79 Å². The molecule has 0 amide bonds. The zero-order valence-electron chi connectivity index (χ0n) is 10.3. The van der Waals surface area contributed by atoms with Gasteiger partial charge in [-0.1, -0.05) is 43.9 Å². The third kappa shape index (κ3) is 3.88. The van der Waals surface area contributed by atoms with E-state index in [2.05, 4.69) is 5.32 Å². The van der Waals surface area contributed by atoms with Gasteiger partial charge in [0.1, 0.15) is 0 Å². The molecule has 1 saturated carbocycles. The summed E-state index contributed by atoms with van der Waals surface area (Å²) in [5.41, 5.74) is 1.04. The molecule has 1 aliphatic carbocycles. The van der Waals surface area contributed by atoms with Gasteiger partial charge in [-0.05, 0) is 25.0 Å². The molecule has 0 saturated heterocycles. The molecule has 1 N–H and O–H groups in total. The van der Waals surface area contributed by atoms with Crippen LogP contribution in [0.1, 0.15) is 38.5 Å². The fourth-order valence-corrected chi connectivity index (χ4v) is 2.49. The number of rotatable bonds is 4. The maximum atomic E-state index is 12.1. The van der Waals surface area contributed by atoms with E-state index in [1.54, 1.807) is 0 Å². The van der Waals surface area contributed by atoms with Crippen molar-refractivity contribution in [1.29, 1.82) is 0 Å². The Balaban J connectivity index is 1.80. The quantitative estimate of drug-likeness (QED) is 0.802. The standard InChI is InChI=1S/C15H21NO/c17-15(13-8-4-1-2-5-9-13)12-16-14-10-6-3-7-11-14/h3,6-7,10-11,13,16H,1-2,4-5,8-9,12H2. The van der Waals surface area contributed by atoms with Crippen LogP contribution in [0.3, 0.4) is 0 Å². The molecule has 17 heavy (non-hydrogen) atoms. The minimum Gasteiger partial charge on any atom is -0.378 e. The van der Waals surface area contributed by atoms with Gasteiger partial charge in [-0.3, -0.25) is 4.79 Å². The number of hydrogen-bond donors (Lipinski definition) is 1. The third-order valence-corrected chi connectivity index (χ3v) is 3.55. The largest absolute Gasteiger partial charge is 0.378 e. The third-order valence-electron chi connectivity index (χ3n) is 3.55. The van der Waals surface area contributed by atoms with Crippen molar-refractivity contribution < 1.29 is 4.79 Å². The van der Waals surface area contributed by atoms with Crippen molar-refractivity contribution in [1.82, 2.24) is 0 Å². The van der Waals surface area contributed by atoms with Crippen LogP contribution >= 0.6 is 0 Å². The number of carbonyl (C=O) groups is 1. The second-order valence-electron chi connectivity index (χ2n) is 4.87. The molecular weight excluding hydrogens is 210 g/mol. The Labute approximate surface area is 103 Å². The molecule has 0 unspecified atom stereocenters. The first kappa shape index (κ1) is 12.2. The second-order valence-corrected chi connectivity index (χ2v) is 4.87. The topological polar surface area (TPSA) is 29.1 Å². The predicted octanol–water partition coefficient (Wildman–Crippen LogP) is 3.64. The van der Waals surface area contributed by atoms with Gasteiger partial charge < -0.3 is 5.32 Å². The van der Waals surface area contributed by atoms with Gasteiger partial charge in [-0.25, -0.2) is 0 Å². The van der Waals surface area contributed by atoms with Crippen LogP contribution in [0.4, 0.5) is 5.69 Å². The molecule has 1 aromatic carbocycles. The Morgan fingerprint density at radius 2 is 1.71 bits per heavy atom. The van der Waals surface area contributed by atoms with Crippen LogP contribution in [0.25, 0.3) is 0 Å². The molecule has 0 atom stereocenters. The lowest BCUT2D eigenvalue weighted by atomic mass is 9.95. The van der Waals surface area contributed by atoms with Crippen LogP contribution < -0.4 is 5.32 Å². The average Bonchev–Trinajstić information content (AvgIpc) is 2.66. The molecule has 2 nitrogen and oxygen atoms in total. The van der Waals surface area contributed by atoms with Gasteiger partial charge in [-0.15, -0.1) is 0 Å². The highest BCUT2D eigenvalue weighted by molar-refractivity contribution is 5.85. The van der Waals surface area contributed by atoms with Crippen molar-refractivity contribution in [3.05, 3.63) is 30.3 Å². The van der Waals surface area contributed by atoms with Gasteiger partial charge >= 0.3 is 0 Å². The van der Waals surface area contributed by atoms with E-state index in [0.29, 0.717) is 18.2 Å². The summed E-state index contributed by atoms with van der Waals surface area (Å²) in [6, 6.07) is 9.95. The number of para-hydroxylation sites is 1. The summed E-state index contributed by atoms with van der Waals surface area (Å²) in [5, 5.41) is 3.21. The van der Waals surface area contributed by atoms with E-state index in [1.807, 2.05) is 30.3 Å². The summed E-state index contributed by atoms with van der Waals surface area (Å²) < 4.78 is 0. The summed E-state index contributed by atoms with van der Waals surface area (Å²) >= 11 is 0. The molecule has 2 heteroatoms. The first-order chi connectivity index (χ1) is 8.36. The van der Waals surface area contributed by atoms with Crippen molar-refractivity contribution in [3.8, 4) is 0 Å². The van der Waals surface area contributed by atoms with Crippen molar-refractivity contribution in [2.45, 2.75) is 38.5 Å². The van der Waals surface area contributed by atoms with Crippen molar-refractivity contribution in [2.24, 2.45) is 5.92 Å². The zero-order chi connectivity index (χ0) is 11.9. The summed E-state index contributed by atoms with van der Waals surface area (Å²) in [5.74, 6) is 0.685. The van der Waals surface area contributed by atoms with E-state index in [-0.39, 0.29) is 0 Å². The lowest BCUT2D eigenvalue weighted by Crippen LogP contribution is -2.22. The molecule has 0 radical (unpaired) electrons. The van der Waals surface area contributed by atoms with E-state index in [9.17, 15) is 4.79 Å². The molecule has 1 aliphatic rings. The van der Waals surface area contributed by atoms with E-state index in [1.165, 1.54) is 25.7 Å². The minimum atomic E-state index is 0.300. The van der Waals surface area contributed by atoms with Crippen LogP contribution in [0.5, 0.6) is 0 Å². The van der Waals surface area contributed by atoms with Gasteiger partial charge in [0, 0.05) is 11.6 Å². The normalized spacial score (nSPS) is 17.4. The molecule has 1 aromatic rings. The van der Waals surface area contributed by atoms with Crippen LogP contribution in [-0.4, -0.2) is 12.3 Å². The molecule has 0 aromatic heterocycles. The lowest BCUT2D eigenvalue weighted by Gasteiger charge is -2.13. The Kier molecular flexibility index (Phi) is 4.60. The fourth-order valence-electron chi connectivity index (χ4n) is 2.49. The summed E-state index contributed by atoms with van der Waals surface area (Å²) in [6.07, 6.45) is 7.24. The molecule has 0 spiro atoms. The summed E-state index contributed by atoms with van der Waals surface area (Å²) in [6.45, 7) is 0.481. The van der Waals surface area contributed by atoms with Gasteiger partial charge in [0.05, 0.1) is 6.54 Å². The number of hydrogen-bond acceptors (Lipinski definition) is 2. The molecular formula is C15H21NO. The molecule has 0 aliphatic heterocycles.